The average Bonchev–Trinajstić information content (AvgIpc) is 3.10. The zero-order valence-corrected chi connectivity index (χ0v) is 15.8. The molecule has 3 aromatic rings. The summed E-state index contributed by atoms with van der Waals surface area (Å²) < 4.78 is 1.31. The van der Waals surface area contributed by atoms with Gasteiger partial charge in [-0.1, -0.05) is 35.5 Å². The lowest BCUT2D eigenvalue weighted by atomic mass is 10.3. The molecule has 0 saturated carbocycles. The second-order valence-electron chi connectivity index (χ2n) is 5.46. The summed E-state index contributed by atoms with van der Waals surface area (Å²) in [5.74, 6) is -0.579. The van der Waals surface area contributed by atoms with Crippen LogP contribution in [0.15, 0.2) is 64.5 Å². The minimum Gasteiger partial charge on any atom is -0.319 e. The van der Waals surface area contributed by atoms with Gasteiger partial charge in [0.25, 0.3) is 5.91 Å². The Balaban J connectivity index is 1.88. The number of hydrogen-bond acceptors (Lipinski definition) is 5. The molecule has 1 aromatic heterocycles. The number of aryl methyl sites for hydroxylation is 1. The Morgan fingerprint density at radius 2 is 1.96 bits per heavy atom. The molecule has 138 valence electrons. The van der Waals surface area contributed by atoms with Gasteiger partial charge >= 0.3 is 5.69 Å². The second-order valence-corrected chi connectivity index (χ2v) is 7.01. The lowest BCUT2D eigenvalue weighted by molar-refractivity contribution is -0.385. The molecule has 0 bridgehead atoms. The Morgan fingerprint density at radius 3 is 2.63 bits per heavy atom. The summed E-state index contributed by atoms with van der Waals surface area (Å²) in [4.78, 5) is 25.1. The molecule has 0 radical (unpaired) electrons. The highest BCUT2D eigenvalue weighted by molar-refractivity contribution is 7.99. The fourth-order valence-corrected chi connectivity index (χ4v) is 3.48. The van der Waals surface area contributed by atoms with E-state index in [1.165, 1.54) is 16.4 Å². The van der Waals surface area contributed by atoms with Gasteiger partial charge in [-0.3, -0.25) is 19.6 Å². The number of carbonyl (C=O) groups excluding carboxylic acids is 1. The standard InChI is InChI=1S/C18H15ClN4O3S/c1-2-22-17(15(11-20-22)23(25)26)18(24)21-14-5-3-4-6-16(14)27-13-9-7-12(19)8-10-13/h3-11H,2H2,1H3,(H,21,24). The van der Waals surface area contributed by atoms with Crippen LogP contribution in [0.1, 0.15) is 17.4 Å². The van der Waals surface area contributed by atoms with Gasteiger partial charge in [0.15, 0.2) is 0 Å². The summed E-state index contributed by atoms with van der Waals surface area (Å²) >= 11 is 7.36. The predicted molar refractivity (Wildman–Crippen MR) is 105 cm³/mol. The maximum atomic E-state index is 12.7. The van der Waals surface area contributed by atoms with E-state index in [1.54, 1.807) is 31.2 Å². The predicted octanol–water partition coefficient (Wildman–Crippen LogP) is 4.87. The molecule has 0 aliphatic carbocycles. The van der Waals surface area contributed by atoms with E-state index in [0.29, 0.717) is 17.3 Å². The Labute approximate surface area is 164 Å². The number of carbonyl (C=O) groups is 1. The summed E-state index contributed by atoms with van der Waals surface area (Å²) in [7, 11) is 0. The van der Waals surface area contributed by atoms with Gasteiger partial charge in [0.05, 0.1) is 10.6 Å². The molecule has 0 fully saturated rings. The van der Waals surface area contributed by atoms with Crippen LogP contribution in [0.2, 0.25) is 5.02 Å². The van der Waals surface area contributed by atoms with Crippen molar-refractivity contribution in [3.8, 4) is 0 Å². The van der Waals surface area contributed by atoms with E-state index < -0.39 is 10.8 Å². The first-order valence-corrected chi connectivity index (χ1v) is 9.23. The van der Waals surface area contributed by atoms with Crippen molar-refractivity contribution in [3.05, 3.63) is 75.6 Å². The quantitative estimate of drug-likeness (QED) is 0.469. The van der Waals surface area contributed by atoms with E-state index in [-0.39, 0.29) is 11.4 Å². The van der Waals surface area contributed by atoms with Crippen LogP contribution < -0.4 is 5.32 Å². The smallest absolute Gasteiger partial charge is 0.319 e. The molecule has 0 atom stereocenters. The van der Waals surface area contributed by atoms with Crippen molar-refractivity contribution in [2.75, 3.05) is 5.32 Å². The molecule has 0 aliphatic heterocycles. The molecule has 2 aromatic carbocycles. The van der Waals surface area contributed by atoms with Crippen LogP contribution in [-0.4, -0.2) is 20.6 Å². The summed E-state index contributed by atoms with van der Waals surface area (Å²) in [5, 5.41) is 18.5. The number of amides is 1. The van der Waals surface area contributed by atoms with Crippen LogP contribution in [-0.2, 0) is 6.54 Å². The normalized spacial score (nSPS) is 10.6. The van der Waals surface area contributed by atoms with Crippen molar-refractivity contribution >= 4 is 40.6 Å². The number of halogens is 1. The molecular formula is C18H15ClN4O3S. The first-order valence-electron chi connectivity index (χ1n) is 8.03. The number of para-hydroxylation sites is 1. The summed E-state index contributed by atoms with van der Waals surface area (Å²) in [6, 6.07) is 14.6. The first-order chi connectivity index (χ1) is 13.0. The van der Waals surface area contributed by atoms with Crippen LogP contribution in [0.4, 0.5) is 11.4 Å². The minimum atomic E-state index is -0.609. The maximum Gasteiger partial charge on any atom is 0.320 e. The van der Waals surface area contributed by atoms with Gasteiger partial charge in [0.1, 0.15) is 6.20 Å². The van der Waals surface area contributed by atoms with Crippen LogP contribution in [0.3, 0.4) is 0 Å². The Kier molecular flexibility index (Phi) is 5.78. The SMILES string of the molecule is CCn1ncc([N+](=O)[O-])c1C(=O)Nc1ccccc1Sc1ccc(Cl)cc1. The highest BCUT2D eigenvalue weighted by Crippen LogP contribution is 2.34. The largest absolute Gasteiger partial charge is 0.320 e. The average molecular weight is 403 g/mol. The second kappa shape index (κ2) is 8.24. The molecule has 1 amide bonds. The molecule has 0 spiro atoms. The molecule has 7 nitrogen and oxygen atoms in total. The monoisotopic (exact) mass is 402 g/mol. The van der Waals surface area contributed by atoms with E-state index in [1.807, 2.05) is 24.3 Å². The van der Waals surface area contributed by atoms with Gasteiger partial charge in [0.2, 0.25) is 5.69 Å². The Bertz CT molecular complexity index is 989. The van der Waals surface area contributed by atoms with Crippen molar-refractivity contribution in [2.24, 2.45) is 0 Å². The van der Waals surface area contributed by atoms with Gasteiger partial charge in [-0.2, -0.15) is 5.10 Å². The molecule has 27 heavy (non-hydrogen) atoms. The number of rotatable bonds is 6. The van der Waals surface area contributed by atoms with Crippen LogP contribution in [0.25, 0.3) is 0 Å². The molecule has 0 saturated heterocycles. The van der Waals surface area contributed by atoms with Crippen LogP contribution in [0.5, 0.6) is 0 Å². The number of anilines is 1. The zero-order chi connectivity index (χ0) is 19.4. The lowest BCUT2D eigenvalue weighted by Gasteiger charge is -2.11. The molecule has 9 heteroatoms. The topological polar surface area (TPSA) is 90.1 Å². The fraction of sp³-hybridized carbons (Fsp3) is 0.111. The zero-order valence-electron chi connectivity index (χ0n) is 14.3. The number of aromatic nitrogens is 2. The van der Waals surface area contributed by atoms with E-state index in [0.717, 1.165) is 16.0 Å². The number of nitrogens with zero attached hydrogens (tertiary/aromatic N) is 3. The number of nitrogens with one attached hydrogen (secondary N) is 1. The maximum absolute atomic E-state index is 12.7. The number of hydrogen-bond donors (Lipinski definition) is 1. The number of nitro groups is 1. The highest BCUT2D eigenvalue weighted by atomic mass is 35.5. The highest BCUT2D eigenvalue weighted by Gasteiger charge is 2.26. The Hall–Kier alpha value is -2.84. The summed E-state index contributed by atoms with van der Waals surface area (Å²) in [5.41, 5.74) is 0.159. The third kappa shape index (κ3) is 4.29. The van der Waals surface area contributed by atoms with Crippen molar-refractivity contribution in [3.63, 3.8) is 0 Å². The molecule has 1 heterocycles. The molecule has 1 N–H and O–H groups in total. The van der Waals surface area contributed by atoms with E-state index >= 15 is 0 Å². The van der Waals surface area contributed by atoms with Gasteiger partial charge in [-0.15, -0.1) is 0 Å². The Morgan fingerprint density at radius 1 is 1.26 bits per heavy atom. The molecule has 0 aliphatic rings. The summed E-state index contributed by atoms with van der Waals surface area (Å²) in [6.45, 7) is 2.11. The van der Waals surface area contributed by atoms with Crippen molar-refractivity contribution in [1.29, 1.82) is 0 Å². The minimum absolute atomic E-state index is 0.0752. The molecule has 3 rings (SSSR count). The summed E-state index contributed by atoms with van der Waals surface area (Å²) in [6.07, 6.45) is 1.09. The van der Waals surface area contributed by atoms with Gasteiger partial charge in [0, 0.05) is 21.4 Å². The first kappa shape index (κ1) is 18.9. The third-order valence-corrected chi connectivity index (χ3v) is 5.04. The van der Waals surface area contributed by atoms with Gasteiger partial charge < -0.3 is 5.32 Å². The van der Waals surface area contributed by atoms with Crippen LogP contribution in [0, 0.1) is 10.1 Å². The fourth-order valence-electron chi connectivity index (χ4n) is 2.45. The van der Waals surface area contributed by atoms with Gasteiger partial charge in [-0.05, 0) is 43.3 Å². The van der Waals surface area contributed by atoms with Crippen LogP contribution >= 0.6 is 23.4 Å². The van der Waals surface area contributed by atoms with Crippen molar-refractivity contribution in [2.45, 2.75) is 23.3 Å². The van der Waals surface area contributed by atoms with Crippen molar-refractivity contribution < 1.29 is 9.72 Å². The third-order valence-electron chi connectivity index (χ3n) is 3.71. The van der Waals surface area contributed by atoms with Crippen molar-refractivity contribution in [1.82, 2.24) is 9.78 Å². The lowest BCUT2D eigenvalue weighted by Crippen LogP contribution is -2.19. The van der Waals surface area contributed by atoms with E-state index in [2.05, 4.69) is 10.4 Å². The number of benzene rings is 2. The van der Waals surface area contributed by atoms with E-state index in [4.69, 9.17) is 11.6 Å². The van der Waals surface area contributed by atoms with Gasteiger partial charge in [-0.25, -0.2) is 0 Å². The molecular weight excluding hydrogens is 388 g/mol. The molecule has 0 unspecified atom stereocenters. The van der Waals surface area contributed by atoms with E-state index in [9.17, 15) is 14.9 Å².